The highest BCUT2D eigenvalue weighted by Gasteiger charge is 2.37. The van der Waals surface area contributed by atoms with Gasteiger partial charge in [0.1, 0.15) is 6.04 Å². The Morgan fingerprint density at radius 3 is 2.62 bits per heavy atom. The number of rotatable bonds is 3. The molecule has 1 fully saturated rings. The lowest BCUT2D eigenvalue weighted by molar-refractivity contribution is -0.143. The fourth-order valence-electron chi connectivity index (χ4n) is 1.96. The molecule has 1 heterocycles. The minimum absolute atomic E-state index is 0.00104. The summed E-state index contributed by atoms with van der Waals surface area (Å²) in [6, 6.07) is -1.59. The molecule has 16 heavy (non-hydrogen) atoms. The molecule has 7 nitrogen and oxygen atoms in total. The Labute approximate surface area is 92.6 Å². The highest BCUT2D eigenvalue weighted by molar-refractivity contribution is 5.94. The number of amides is 3. The second-order valence-electron chi connectivity index (χ2n) is 3.93. The number of urea groups is 1. The number of nitrogens with zero attached hydrogens (tertiary/aromatic N) is 1. The van der Waals surface area contributed by atoms with Gasteiger partial charge in [-0.1, -0.05) is 6.92 Å². The molecule has 0 spiro atoms. The lowest BCUT2D eigenvalue weighted by Crippen LogP contribution is -2.46. The highest BCUT2D eigenvalue weighted by Crippen LogP contribution is 2.23. The van der Waals surface area contributed by atoms with Crippen LogP contribution in [0.3, 0.4) is 0 Å². The highest BCUT2D eigenvalue weighted by atomic mass is 16.4. The third kappa shape index (κ3) is 2.93. The van der Waals surface area contributed by atoms with Crippen molar-refractivity contribution in [2.75, 3.05) is 13.1 Å². The van der Waals surface area contributed by atoms with Gasteiger partial charge in [0, 0.05) is 0 Å². The van der Waals surface area contributed by atoms with Crippen molar-refractivity contribution in [3.8, 4) is 0 Å². The summed E-state index contributed by atoms with van der Waals surface area (Å²) in [6.07, 6.45) is 0.723. The Bertz CT molecular complexity index is 318. The van der Waals surface area contributed by atoms with Crippen LogP contribution in [-0.4, -0.2) is 47.0 Å². The zero-order chi connectivity index (χ0) is 12.3. The van der Waals surface area contributed by atoms with Crippen LogP contribution in [0.5, 0.6) is 0 Å². The number of likely N-dealkylation sites (tertiary alicyclic amines) is 1. The van der Waals surface area contributed by atoms with Crippen LogP contribution in [0.15, 0.2) is 0 Å². The topological polar surface area (TPSA) is 113 Å². The summed E-state index contributed by atoms with van der Waals surface area (Å²) >= 11 is 0. The predicted octanol–water partition coefficient (Wildman–Crippen LogP) is -1.02. The smallest absolute Gasteiger partial charge is 0.321 e. The largest absolute Gasteiger partial charge is 0.480 e. The van der Waals surface area contributed by atoms with Crippen molar-refractivity contribution in [2.45, 2.75) is 19.4 Å². The Hall–Kier alpha value is -1.63. The van der Waals surface area contributed by atoms with Crippen molar-refractivity contribution < 1.29 is 19.5 Å². The van der Waals surface area contributed by atoms with E-state index >= 15 is 0 Å². The number of carboxylic acid groups (broad SMARTS) is 1. The van der Waals surface area contributed by atoms with Crippen LogP contribution in [-0.2, 0) is 9.59 Å². The van der Waals surface area contributed by atoms with Crippen molar-refractivity contribution in [1.29, 1.82) is 0 Å². The van der Waals surface area contributed by atoms with Crippen molar-refractivity contribution in [3.63, 3.8) is 0 Å². The van der Waals surface area contributed by atoms with Gasteiger partial charge in [-0.25, -0.2) is 4.79 Å². The normalized spacial score (nSPS) is 25.3. The van der Waals surface area contributed by atoms with Gasteiger partial charge >= 0.3 is 12.0 Å². The summed E-state index contributed by atoms with van der Waals surface area (Å²) in [6.45, 7) is 2.24. The van der Waals surface area contributed by atoms with E-state index in [0.717, 1.165) is 6.42 Å². The minimum Gasteiger partial charge on any atom is -0.480 e. The Morgan fingerprint density at radius 1 is 1.50 bits per heavy atom. The molecule has 0 bridgehead atoms. The Kier molecular flexibility index (Phi) is 3.83. The van der Waals surface area contributed by atoms with E-state index in [1.54, 1.807) is 0 Å². The number of nitrogens with one attached hydrogen (secondary N) is 1. The van der Waals surface area contributed by atoms with Gasteiger partial charge in [-0.05, 0) is 18.9 Å². The first kappa shape index (κ1) is 12.4. The van der Waals surface area contributed by atoms with Gasteiger partial charge in [-0.2, -0.15) is 0 Å². The van der Waals surface area contributed by atoms with Crippen LogP contribution in [0, 0.1) is 5.92 Å². The second-order valence-corrected chi connectivity index (χ2v) is 3.93. The van der Waals surface area contributed by atoms with Gasteiger partial charge in [0.15, 0.2) is 0 Å². The predicted molar refractivity (Wildman–Crippen MR) is 54.5 cm³/mol. The summed E-state index contributed by atoms with van der Waals surface area (Å²) in [5.74, 6) is -1.52. The molecule has 0 saturated carbocycles. The molecule has 4 N–H and O–H groups in total. The standard InChI is InChI=1S/C9H15N3O4/c1-5-2-3-12(7(5)8(14)15)4-6(13)11-9(10)16/h5,7H,2-4H2,1H3,(H,14,15)(H3,10,11,13,16). The monoisotopic (exact) mass is 229 g/mol. The van der Waals surface area contributed by atoms with Gasteiger partial charge in [0.25, 0.3) is 0 Å². The maximum atomic E-state index is 11.2. The molecule has 1 saturated heterocycles. The van der Waals surface area contributed by atoms with Gasteiger partial charge < -0.3 is 10.8 Å². The zero-order valence-corrected chi connectivity index (χ0v) is 8.97. The Morgan fingerprint density at radius 2 is 2.12 bits per heavy atom. The summed E-state index contributed by atoms with van der Waals surface area (Å²) < 4.78 is 0. The summed E-state index contributed by atoms with van der Waals surface area (Å²) in [4.78, 5) is 34.2. The third-order valence-electron chi connectivity index (χ3n) is 2.67. The molecule has 7 heteroatoms. The molecular formula is C9H15N3O4. The number of carbonyl (C=O) groups is 3. The number of primary amides is 1. The number of imide groups is 1. The number of hydrogen-bond acceptors (Lipinski definition) is 4. The first-order valence-corrected chi connectivity index (χ1v) is 4.98. The molecule has 1 aliphatic heterocycles. The Balaban J connectivity index is 2.57. The molecule has 2 unspecified atom stereocenters. The zero-order valence-electron chi connectivity index (χ0n) is 8.97. The van der Waals surface area contributed by atoms with Crippen LogP contribution in [0.2, 0.25) is 0 Å². The van der Waals surface area contributed by atoms with Crippen LogP contribution in [0.1, 0.15) is 13.3 Å². The fraction of sp³-hybridized carbons (Fsp3) is 0.667. The molecule has 0 radical (unpaired) electrons. The van der Waals surface area contributed by atoms with Gasteiger partial charge in [-0.15, -0.1) is 0 Å². The molecule has 0 aromatic rings. The third-order valence-corrected chi connectivity index (χ3v) is 2.67. The first-order valence-electron chi connectivity index (χ1n) is 4.98. The molecule has 1 rings (SSSR count). The number of nitrogens with two attached hydrogens (primary N) is 1. The van der Waals surface area contributed by atoms with E-state index in [2.05, 4.69) is 0 Å². The summed E-state index contributed by atoms with van der Waals surface area (Å²) in [5.41, 5.74) is 4.78. The van der Waals surface area contributed by atoms with E-state index in [-0.39, 0.29) is 12.5 Å². The second kappa shape index (κ2) is 4.93. The molecular weight excluding hydrogens is 214 g/mol. The number of carbonyl (C=O) groups excluding carboxylic acids is 2. The quantitative estimate of drug-likeness (QED) is 0.573. The van der Waals surface area contributed by atoms with E-state index in [4.69, 9.17) is 10.8 Å². The van der Waals surface area contributed by atoms with E-state index in [9.17, 15) is 14.4 Å². The number of aliphatic carboxylic acids is 1. The summed E-state index contributed by atoms with van der Waals surface area (Å²) in [7, 11) is 0. The van der Waals surface area contributed by atoms with Crippen LogP contribution >= 0.6 is 0 Å². The van der Waals surface area contributed by atoms with Crippen molar-refractivity contribution in [1.82, 2.24) is 10.2 Å². The number of hydrogen-bond donors (Lipinski definition) is 3. The van der Waals surface area contributed by atoms with E-state index < -0.39 is 23.9 Å². The van der Waals surface area contributed by atoms with Crippen molar-refractivity contribution in [3.05, 3.63) is 0 Å². The average molecular weight is 229 g/mol. The van der Waals surface area contributed by atoms with Crippen LogP contribution in [0.25, 0.3) is 0 Å². The van der Waals surface area contributed by atoms with E-state index in [1.165, 1.54) is 4.90 Å². The minimum atomic E-state index is -0.947. The lowest BCUT2D eigenvalue weighted by Gasteiger charge is -2.21. The van der Waals surface area contributed by atoms with E-state index in [1.807, 2.05) is 12.2 Å². The molecule has 0 aromatic carbocycles. The van der Waals surface area contributed by atoms with Gasteiger partial charge in [0.05, 0.1) is 6.54 Å². The average Bonchev–Trinajstić information content (AvgIpc) is 2.45. The first-order chi connectivity index (χ1) is 7.41. The van der Waals surface area contributed by atoms with Crippen molar-refractivity contribution in [2.24, 2.45) is 11.7 Å². The van der Waals surface area contributed by atoms with Crippen molar-refractivity contribution >= 4 is 17.9 Å². The lowest BCUT2D eigenvalue weighted by atomic mass is 10.0. The molecule has 90 valence electrons. The maximum absolute atomic E-state index is 11.2. The molecule has 1 aliphatic rings. The van der Waals surface area contributed by atoms with E-state index in [0.29, 0.717) is 6.54 Å². The fourth-order valence-corrected chi connectivity index (χ4v) is 1.96. The molecule has 2 atom stereocenters. The molecule has 0 aliphatic carbocycles. The molecule has 3 amide bonds. The van der Waals surface area contributed by atoms with Crippen LogP contribution < -0.4 is 11.1 Å². The van der Waals surface area contributed by atoms with Gasteiger partial charge in [0.2, 0.25) is 5.91 Å². The number of carboxylic acids is 1. The SMILES string of the molecule is CC1CCN(CC(=O)NC(N)=O)C1C(=O)O. The summed E-state index contributed by atoms with van der Waals surface area (Å²) in [5, 5.41) is 10.9. The van der Waals surface area contributed by atoms with Crippen LogP contribution in [0.4, 0.5) is 4.79 Å². The molecule has 0 aromatic heterocycles. The maximum Gasteiger partial charge on any atom is 0.321 e. The van der Waals surface area contributed by atoms with Gasteiger partial charge in [-0.3, -0.25) is 19.8 Å².